The summed E-state index contributed by atoms with van der Waals surface area (Å²) in [5, 5.41) is 0.591. The molecule has 174 valence electrons. The van der Waals surface area contributed by atoms with E-state index in [4.69, 9.17) is 11.6 Å². The molecule has 0 N–H and O–H groups in total. The van der Waals surface area contributed by atoms with Crippen molar-refractivity contribution in [2.45, 2.75) is 21.6 Å². The molecule has 5 rings (SSSR count). The predicted molar refractivity (Wildman–Crippen MR) is 145 cm³/mol. The van der Waals surface area contributed by atoms with E-state index in [1.54, 1.807) is 24.3 Å². The van der Waals surface area contributed by atoms with Gasteiger partial charge in [0.25, 0.3) is 10.0 Å². The molecule has 0 saturated carbocycles. The van der Waals surface area contributed by atoms with Crippen molar-refractivity contribution in [2.75, 3.05) is 0 Å². The van der Waals surface area contributed by atoms with E-state index < -0.39 is 10.0 Å². The van der Waals surface area contributed by atoms with Crippen molar-refractivity contribution in [2.24, 2.45) is 0 Å². The summed E-state index contributed by atoms with van der Waals surface area (Å²) in [5.74, 6) is 0. The molecule has 35 heavy (non-hydrogen) atoms. The molecule has 0 unspecified atom stereocenters. The van der Waals surface area contributed by atoms with E-state index in [1.807, 2.05) is 97.9 Å². The summed E-state index contributed by atoms with van der Waals surface area (Å²) < 4.78 is 29.9. The number of halogens is 1. The normalized spacial score (nSPS) is 11.5. The molecule has 0 bridgehead atoms. The number of aryl methyl sites for hydroxylation is 1. The van der Waals surface area contributed by atoms with Crippen LogP contribution < -0.4 is 0 Å². The van der Waals surface area contributed by atoms with Crippen molar-refractivity contribution < 1.29 is 8.42 Å². The van der Waals surface area contributed by atoms with Crippen LogP contribution in [-0.4, -0.2) is 12.4 Å². The van der Waals surface area contributed by atoms with Crippen LogP contribution in [0, 0.1) is 6.92 Å². The van der Waals surface area contributed by atoms with Gasteiger partial charge in [-0.1, -0.05) is 102 Å². The minimum absolute atomic E-state index is 0.238. The van der Waals surface area contributed by atoms with Gasteiger partial charge in [0, 0.05) is 20.4 Å². The standard InChI is InChI=1S/C29H22ClNO2S2/c1-21-12-18-26(19-13-21)35(32,33)31-27(22-8-4-2-5-9-22)20-28(34-25-10-6-3-7-11-25)29(31)23-14-16-24(30)17-15-23/h2-20H,1H3. The molecule has 1 aromatic heterocycles. The molecule has 1 heterocycles. The van der Waals surface area contributed by atoms with Gasteiger partial charge in [-0.05, 0) is 55.0 Å². The zero-order valence-corrected chi connectivity index (χ0v) is 21.3. The van der Waals surface area contributed by atoms with Crippen LogP contribution in [0.2, 0.25) is 5.02 Å². The van der Waals surface area contributed by atoms with Crippen molar-refractivity contribution >= 4 is 33.4 Å². The number of rotatable bonds is 6. The molecule has 0 saturated heterocycles. The largest absolute Gasteiger partial charge is 0.268 e. The van der Waals surface area contributed by atoms with Gasteiger partial charge < -0.3 is 0 Å². The maximum Gasteiger partial charge on any atom is 0.268 e. The van der Waals surface area contributed by atoms with Crippen LogP contribution in [0.3, 0.4) is 0 Å². The van der Waals surface area contributed by atoms with Crippen LogP contribution in [-0.2, 0) is 10.0 Å². The van der Waals surface area contributed by atoms with Gasteiger partial charge in [0.15, 0.2) is 0 Å². The Morgan fingerprint density at radius 2 is 1.31 bits per heavy atom. The fourth-order valence-corrected chi connectivity index (χ4v) is 6.67. The fraction of sp³-hybridized carbons (Fsp3) is 0.0345. The molecule has 0 aliphatic rings. The highest BCUT2D eigenvalue weighted by Crippen LogP contribution is 2.43. The highest BCUT2D eigenvalue weighted by Gasteiger charge is 2.28. The van der Waals surface area contributed by atoms with E-state index in [0.29, 0.717) is 16.4 Å². The number of aromatic nitrogens is 1. The monoisotopic (exact) mass is 515 g/mol. The topological polar surface area (TPSA) is 39.1 Å². The van der Waals surface area contributed by atoms with E-state index in [-0.39, 0.29) is 4.90 Å². The van der Waals surface area contributed by atoms with Crippen molar-refractivity contribution in [1.29, 1.82) is 0 Å². The minimum atomic E-state index is -3.92. The summed E-state index contributed by atoms with van der Waals surface area (Å²) in [7, 11) is -3.92. The average molecular weight is 516 g/mol. The lowest BCUT2D eigenvalue weighted by molar-refractivity contribution is 0.588. The van der Waals surface area contributed by atoms with Crippen LogP contribution in [0.5, 0.6) is 0 Å². The van der Waals surface area contributed by atoms with E-state index >= 15 is 0 Å². The Bertz CT molecular complexity index is 1560. The predicted octanol–water partition coefficient (Wildman–Crippen LogP) is 8.17. The molecule has 0 spiro atoms. The molecular weight excluding hydrogens is 494 g/mol. The molecule has 0 radical (unpaired) electrons. The quantitative estimate of drug-likeness (QED) is 0.229. The van der Waals surface area contributed by atoms with E-state index in [9.17, 15) is 8.42 Å². The molecule has 0 aliphatic heterocycles. The molecule has 0 atom stereocenters. The number of nitrogens with zero attached hydrogens (tertiary/aromatic N) is 1. The number of hydrogen-bond donors (Lipinski definition) is 0. The first-order valence-electron chi connectivity index (χ1n) is 11.1. The van der Waals surface area contributed by atoms with Crippen molar-refractivity contribution in [3.8, 4) is 22.5 Å². The van der Waals surface area contributed by atoms with E-state index in [2.05, 4.69) is 0 Å². The molecule has 0 fully saturated rings. The van der Waals surface area contributed by atoms with Crippen LogP contribution in [0.4, 0.5) is 0 Å². The molecule has 6 heteroatoms. The minimum Gasteiger partial charge on any atom is -0.232 e. The Kier molecular flexibility index (Phi) is 6.56. The smallest absolute Gasteiger partial charge is 0.232 e. The van der Waals surface area contributed by atoms with Gasteiger partial charge in [-0.15, -0.1) is 0 Å². The van der Waals surface area contributed by atoms with Crippen molar-refractivity contribution in [3.05, 3.63) is 126 Å². The third-order valence-corrected chi connectivity index (χ3v) is 8.66. The zero-order valence-electron chi connectivity index (χ0n) is 18.9. The van der Waals surface area contributed by atoms with Crippen LogP contribution in [0.1, 0.15) is 5.56 Å². The second-order valence-corrected chi connectivity index (χ2v) is 11.5. The lowest BCUT2D eigenvalue weighted by atomic mass is 10.1. The van der Waals surface area contributed by atoms with Gasteiger partial charge in [0.05, 0.1) is 16.3 Å². The third-order valence-electron chi connectivity index (χ3n) is 5.64. The first kappa shape index (κ1) is 23.5. The Hall–Kier alpha value is -3.25. The molecule has 4 aromatic carbocycles. The van der Waals surface area contributed by atoms with Gasteiger partial charge in [0.2, 0.25) is 0 Å². The Balaban J connectivity index is 1.83. The summed E-state index contributed by atoms with van der Waals surface area (Å²) in [6.45, 7) is 1.94. The molecule has 5 aromatic rings. The first-order valence-corrected chi connectivity index (χ1v) is 13.7. The Labute approximate surface area is 215 Å². The first-order chi connectivity index (χ1) is 16.9. The molecule has 3 nitrogen and oxygen atoms in total. The van der Waals surface area contributed by atoms with Crippen LogP contribution in [0.25, 0.3) is 22.5 Å². The Morgan fingerprint density at radius 3 is 1.94 bits per heavy atom. The summed E-state index contributed by atoms with van der Waals surface area (Å²) in [6, 6.07) is 35.8. The van der Waals surface area contributed by atoms with Gasteiger partial charge in [-0.25, -0.2) is 12.4 Å². The lowest BCUT2D eigenvalue weighted by Gasteiger charge is -2.16. The molecule has 0 amide bonds. The highest BCUT2D eigenvalue weighted by atomic mass is 35.5. The van der Waals surface area contributed by atoms with Crippen molar-refractivity contribution in [1.82, 2.24) is 3.97 Å². The molecule has 0 aliphatic carbocycles. The fourth-order valence-electron chi connectivity index (χ4n) is 3.91. The van der Waals surface area contributed by atoms with Gasteiger partial charge in [-0.3, -0.25) is 0 Å². The SMILES string of the molecule is Cc1ccc(S(=O)(=O)n2c(-c3ccccc3)cc(Sc3ccccc3)c2-c2ccc(Cl)cc2)cc1. The van der Waals surface area contributed by atoms with Gasteiger partial charge in [-0.2, -0.15) is 0 Å². The summed E-state index contributed by atoms with van der Waals surface area (Å²) in [5.41, 5.74) is 3.80. The van der Waals surface area contributed by atoms with Crippen LogP contribution in [0.15, 0.2) is 130 Å². The van der Waals surface area contributed by atoms with Crippen molar-refractivity contribution in [3.63, 3.8) is 0 Å². The van der Waals surface area contributed by atoms with Gasteiger partial charge in [0.1, 0.15) is 0 Å². The Morgan fingerprint density at radius 1 is 0.714 bits per heavy atom. The number of benzene rings is 4. The average Bonchev–Trinajstić information content (AvgIpc) is 3.26. The maximum absolute atomic E-state index is 14.2. The van der Waals surface area contributed by atoms with E-state index in [0.717, 1.165) is 26.5 Å². The van der Waals surface area contributed by atoms with Crippen LogP contribution >= 0.6 is 23.4 Å². The third kappa shape index (κ3) is 4.80. The highest BCUT2D eigenvalue weighted by molar-refractivity contribution is 7.99. The zero-order chi connectivity index (χ0) is 24.4. The summed E-state index contributed by atoms with van der Waals surface area (Å²) >= 11 is 7.72. The van der Waals surface area contributed by atoms with E-state index in [1.165, 1.54) is 15.7 Å². The maximum atomic E-state index is 14.2. The summed E-state index contributed by atoms with van der Waals surface area (Å²) in [4.78, 5) is 2.10. The lowest BCUT2D eigenvalue weighted by Crippen LogP contribution is -2.15. The number of hydrogen-bond acceptors (Lipinski definition) is 3. The second kappa shape index (κ2) is 9.78. The van der Waals surface area contributed by atoms with Gasteiger partial charge >= 0.3 is 0 Å². The summed E-state index contributed by atoms with van der Waals surface area (Å²) in [6.07, 6.45) is 0. The second-order valence-electron chi connectivity index (χ2n) is 8.11. The molecular formula is C29H22ClNO2S2.